The third-order valence-electron chi connectivity index (χ3n) is 3.24. The van der Waals surface area contributed by atoms with E-state index in [1.54, 1.807) is 6.07 Å². The molecule has 0 aromatic heterocycles. The van der Waals surface area contributed by atoms with Crippen molar-refractivity contribution in [1.29, 1.82) is 5.26 Å². The fraction of sp³-hybridized carbons (Fsp3) is 0.0588. The van der Waals surface area contributed by atoms with Crippen LogP contribution in [-0.2, 0) is 4.79 Å². The summed E-state index contributed by atoms with van der Waals surface area (Å²) in [7, 11) is 0. The highest BCUT2D eigenvalue weighted by atomic mass is 79.9. The fourth-order valence-corrected chi connectivity index (χ4v) is 2.46. The van der Waals surface area contributed by atoms with Gasteiger partial charge >= 0.3 is 0 Å². The average Bonchev–Trinajstić information content (AvgIpc) is 2.57. The summed E-state index contributed by atoms with van der Waals surface area (Å²) in [5.74, 6) is -0.662. The van der Waals surface area contributed by atoms with E-state index in [-0.39, 0.29) is 16.9 Å². The van der Waals surface area contributed by atoms with Gasteiger partial charge in [-0.3, -0.25) is 14.9 Å². The van der Waals surface area contributed by atoms with Crippen LogP contribution in [0.25, 0.3) is 0 Å². The molecule has 0 fully saturated rings. The Bertz CT molecular complexity index is 903. The zero-order chi connectivity index (χ0) is 18.4. The normalized spacial score (nSPS) is 10.7. The Labute approximate surface area is 152 Å². The second-order valence-corrected chi connectivity index (χ2v) is 5.95. The molecule has 8 heteroatoms. The largest absolute Gasteiger partial charge is 0.360 e. The number of carbonyl (C=O) groups excluding carboxylic acids is 1. The highest BCUT2D eigenvalue weighted by molar-refractivity contribution is 9.10. The fourth-order valence-electron chi connectivity index (χ4n) is 1.98. The number of halogens is 1. The van der Waals surface area contributed by atoms with Crippen molar-refractivity contribution in [2.24, 2.45) is 0 Å². The minimum Gasteiger partial charge on any atom is -0.360 e. The summed E-state index contributed by atoms with van der Waals surface area (Å²) in [5, 5.41) is 25.3. The lowest BCUT2D eigenvalue weighted by Gasteiger charge is -2.07. The second kappa shape index (κ2) is 8.08. The van der Waals surface area contributed by atoms with Gasteiger partial charge < -0.3 is 10.6 Å². The molecule has 0 heterocycles. The van der Waals surface area contributed by atoms with E-state index in [0.29, 0.717) is 0 Å². The Morgan fingerprint density at radius 2 is 2.08 bits per heavy atom. The Morgan fingerprint density at radius 1 is 1.32 bits per heavy atom. The van der Waals surface area contributed by atoms with E-state index in [0.717, 1.165) is 15.7 Å². The van der Waals surface area contributed by atoms with Gasteiger partial charge in [-0.15, -0.1) is 0 Å². The molecular weight excluding hydrogens is 388 g/mol. The summed E-state index contributed by atoms with van der Waals surface area (Å²) < 4.78 is 0.920. The lowest BCUT2D eigenvalue weighted by molar-refractivity contribution is -0.384. The molecule has 1 amide bonds. The molecule has 0 aliphatic carbocycles. The number of nitrogens with one attached hydrogen (secondary N) is 2. The number of carbonyl (C=O) groups is 1. The van der Waals surface area contributed by atoms with Crippen molar-refractivity contribution in [3.8, 4) is 6.07 Å². The Kier molecular flexibility index (Phi) is 5.87. The van der Waals surface area contributed by atoms with E-state index in [1.165, 1.54) is 30.5 Å². The van der Waals surface area contributed by atoms with Crippen LogP contribution in [0, 0.1) is 28.4 Å². The van der Waals surface area contributed by atoms with Crippen LogP contribution >= 0.6 is 15.9 Å². The van der Waals surface area contributed by atoms with Crippen molar-refractivity contribution in [3.05, 3.63) is 74.4 Å². The summed E-state index contributed by atoms with van der Waals surface area (Å²) in [6.07, 6.45) is 1.29. The third kappa shape index (κ3) is 4.89. The first kappa shape index (κ1) is 18.2. The smallest absolute Gasteiger partial charge is 0.271 e. The first-order valence-electron chi connectivity index (χ1n) is 7.09. The van der Waals surface area contributed by atoms with Gasteiger partial charge in [0, 0.05) is 34.2 Å². The first-order valence-corrected chi connectivity index (χ1v) is 7.89. The molecule has 2 aromatic carbocycles. The lowest BCUT2D eigenvalue weighted by Crippen LogP contribution is -2.14. The second-order valence-electron chi connectivity index (χ2n) is 5.03. The number of non-ortho nitro benzene ring substituents is 1. The molecule has 0 bridgehead atoms. The maximum absolute atomic E-state index is 12.2. The van der Waals surface area contributed by atoms with Gasteiger partial charge in [0.1, 0.15) is 11.6 Å². The summed E-state index contributed by atoms with van der Waals surface area (Å²) in [6, 6.07) is 12.8. The minimum atomic E-state index is -0.662. The number of nitro groups is 1. The highest BCUT2D eigenvalue weighted by Crippen LogP contribution is 2.21. The van der Waals surface area contributed by atoms with E-state index in [4.69, 9.17) is 0 Å². The predicted octanol–water partition coefficient (Wildman–Crippen LogP) is 4.12. The van der Waals surface area contributed by atoms with Crippen LogP contribution in [0.5, 0.6) is 0 Å². The molecule has 0 saturated carbocycles. The zero-order valence-corrected chi connectivity index (χ0v) is 14.7. The SMILES string of the molecule is Cc1cc(Br)ccc1N/C=C(/C#N)C(=O)Nc1cccc([N+](=O)[O-])c1. The lowest BCUT2D eigenvalue weighted by atomic mass is 10.2. The summed E-state index contributed by atoms with van der Waals surface area (Å²) in [6.45, 7) is 1.89. The topological polar surface area (TPSA) is 108 Å². The van der Waals surface area contributed by atoms with Crippen LogP contribution < -0.4 is 10.6 Å². The minimum absolute atomic E-state index is 0.149. The molecule has 0 saturated heterocycles. The van der Waals surface area contributed by atoms with E-state index >= 15 is 0 Å². The molecule has 0 unspecified atom stereocenters. The molecule has 0 spiro atoms. The number of nitriles is 1. The van der Waals surface area contributed by atoms with Gasteiger partial charge in [0.05, 0.1) is 4.92 Å². The summed E-state index contributed by atoms with van der Waals surface area (Å²) >= 11 is 3.36. The number of nitrogens with zero attached hydrogens (tertiary/aromatic N) is 2. The predicted molar refractivity (Wildman–Crippen MR) is 97.9 cm³/mol. The number of hydrogen-bond acceptors (Lipinski definition) is 5. The Hall–Kier alpha value is -3.18. The molecule has 25 heavy (non-hydrogen) atoms. The molecule has 0 aliphatic rings. The van der Waals surface area contributed by atoms with Crippen molar-refractivity contribution in [2.45, 2.75) is 6.92 Å². The van der Waals surface area contributed by atoms with Gasteiger partial charge in [0.15, 0.2) is 0 Å². The third-order valence-corrected chi connectivity index (χ3v) is 3.73. The molecule has 2 N–H and O–H groups in total. The van der Waals surface area contributed by atoms with Gasteiger partial charge in [-0.2, -0.15) is 5.26 Å². The van der Waals surface area contributed by atoms with Gasteiger partial charge in [-0.1, -0.05) is 22.0 Å². The number of benzene rings is 2. The molecule has 2 rings (SSSR count). The molecule has 0 aliphatic heterocycles. The maximum Gasteiger partial charge on any atom is 0.271 e. The van der Waals surface area contributed by atoms with Gasteiger partial charge in [0.2, 0.25) is 0 Å². The standard InChI is InChI=1S/C17H13BrN4O3/c1-11-7-13(18)5-6-16(11)20-10-12(9-19)17(23)21-14-3-2-4-15(8-14)22(24)25/h2-8,10,20H,1H3,(H,21,23)/b12-10-. The van der Waals surface area contributed by atoms with Crippen molar-refractivity contribution in [1.82, 2.24) is 0 Å². The van der Waals surface area contributed by atoms with Crippen molar-refractivity contribution in [3.63, 3.8) is 0 Å². The monoisotopic (exact) mass is 400 g/mol. The molecule has 7 nitrogen and oxygen atoms in total. The van der Waals surface area contributed by atoms with E-state index in [1.807, 2.05) is 25.1 Å². The van der Waals surface area contributed by atoms with E-state index < -0.39 is 10.8 Å². The average molecular weight is 401 g/mol. The molecule has 0 atom stereocenters. The first-order chi connectivity index (χ1) is 11.9. The zero-order valence-electron chi connectivity index (χ0n) is 13.1. The van der Waals surface area contributed by atoms with Crippen molar-refractivity contribution >= 4 is 38.9 Å². The maximum atomic E-state index is 12.2. The molecule has 126 valence electrons. The number of nitro benzene ring substituents is 1. The molecular formula is C17H13BrN4O3. The Morgan fingerprint density at radius 3 is 2.72 bits per heavy atom. The Balaban J connectivity index is 2.14. The molecule has 0 radical (unpaired) electrons. The summed E-state index contributed by atoms with van der Waals surface area (Å²) in [4.78, 5) is 22.4. The number of hydrogen-bond donors (Lipinski definition) is 2. The summed E-state index contributed by atoms with van der Waals surface area (Å²) in [5.41, 5.74) is 1.61. The molecule has 2 aromatic rings. The van der Waals surface area contributed by atoms with E-state index in [2.05, 4.69) is 26.6 Å². The number of amides is 1. The van der Waals surface area contributed by atoms with Gasteiger partial charge in [0.25, 0.3) is 11.6 Å². The van der Waals surface area contributed by atoms with Crippen molar-refractivity contribution < 1.29 is 9.72 Å². The van der Waals surface area contributed by atoms with Crippen LogP contribution in [-0.4, -0.2) is 10.8 Å². The van der Waals surface area contributed by atoms with Crippen molar-refractivity contribution in [2.75, 3.05) is 10.6 Å². The number of aryl methyl sites for hydroxylation is 1. The number of rotatable bonds is 5. The van der Waals surface area contributed by atoms with Gasteiger partial charge in [-0.25, -0.2) is 0 Å². The van der Waals surface area contributed by atoms with Gasteiger partial charge in [-0.05, 0) is 36.8 Å². The van der Waals surface area contributed by atoms with Crippen LogP contribution in [0.1, 0.15) is 5.56 Å². The van der Waals surface area contributed by atoms with Crippen LogP contribution in [0.3, 0.4) is 0 Å². The van der Waals surface area contributed by atoms with Crippen LogP contribution in [0.4, 0.5) is 17.1 Å². The quantitative estimate of drug-likeness (QED) is 0.339. The van der Waals surface area contributed by atoms with E-state index in [9.17, 15) is 20.2 Å². The highest BCUT2D eigenvalue weighted by Gasteiger charge is 2.12. The van der Waals surface area contributed by atoms with Crippen LogP contribution in [0.2, 0.25) is 0 Å². The number of anilines is 2. The van der Waals surface area contributed by atoms with Crippen LogP contribution in [0.15, 0.2) is 58.7 Å².